The molecule has 8 aromatic rings. The fourth-order valence-corrected chi connectivity index (χ4v) is 5.94. The van der Waals surface area contributed by atoms with E-state index >= 15 is 0 Å². The molecule has 0 unspecified atom stereocenters. The van der Waals surface area contributed by atoms with E-state index in [0.717, 1.165) is 38.1 Å². The van der Waals surface area contributed by atoms with Gasteiger partial charge in [0, 0.05) is 5.56 Å². The maximum absolute atomic E-state index is 14.0. The summed E-state index contributed by atoms with van der Waals surface area (Å²) < 4.78 is 19.5. The highest BCUT2D eigenvalue weighted by atomic mass is 16.5. The Hall–Kier alpha value is -6.21. The zero-order valence-corrected chi connectivity index (χ0v) is 24.9. The molecule has 0 amide bonds. The lowest BCUT2D eigenvalue weighted by Crippen LogP contribution is -2.20. The van der Waals surface area contributed by atoms with Crippen LogP contribution in [0.5, 0.6) is 11.5 Å². The van der Waals surface area contributed by atoms with E-state index < -0.39 is 0 Å². The van der Waals surface area contributed by atoms with Crippen molar-refractivity contribution < 1.29 is 13.9 Å². The van der Waals surface area contributed by atoms with Gasteiger partial charge < -0.3 is 13.9 Å². The van der Waals surface area contributed by atoms with E-state index in [1.165, 1.54) is 4.68 Å². The van der Waals surface area contributed by atoms with Gasteiger partial charge in [-0.25, -0.2) is 4.98 Å². The Morgan fingerprint density at radius 1 is 0.739 bits per heavy atom. The summed E-state index contributed by atoms with van der Waals surface area (Å²) in [5.74, 6) is 1.98. The molecule has 2 heterocycles. The molecule has 0 saturated heterocycles. The molecule has 0 N–H and O–H groups in total. The van der Waals surface area contributed by atoms with Crippen molar-refractivity contribution in [3.05, 3.63) is 149 Å². The SMILES string of the molecule is COc1cccc2oc(-c3nc4ccccc4c(=O)n3N=Cc3c(OCc4cccc5ccccc45)ccc4ccccc34)cc12. The zero-order chi connectivity index (χ0) is 31.0. The van der Waals surface area contributed by atoms with Crippen molar-refractivity contribution in [3.63, 3.8) is 0 Å². The van der Waals surface area contributed by atoms with Crippen LogP contribution in [0.4, 0.5) is 0 Å². The quantitative estimate of drug-likeness (QED) is 0.171. The van der Waals surface area contributed by atoms with E-state index in [-0.39, 0.29) is 11.4 Å². The van der Waals surface area contributed by atoms with E-state index in [1.807, 2.05) is 97.1 Å². The summed E-state index contributed by atoms with van der Waals surface area (Å²) in [4.78, 5) is 18.8. The van der Waals surface area contributed by atoms with Crippen LogP contribution in [-0.4, -0.2) is 23.0 Å². The van der Waals surface area contributed by atoms with E-state index in [4.69, 9.17) is 24.0 Å². The Morgan fingerprint density at radius 3 is 2.30 bits per heavy atom. The third-order valence-electron chi connectivity index (χ3n) is 8.21. The van der Waals surface area contributed by atoms with Crippen LogP contribution in [0.1, 0.15) is 11.1 Å². The first-order valence-corrected chi connectivity index (χ1v) is 14.9. The first kappa shape index (κ1) is 27.3. The maximum atomic E-state index is 14.0. The molecule has 0 atom stereocenters. The van der Waals surface area contributed by atoms with Crippen LogP contribution in [0.2, 0.25) is 0 Å². The minimum Gasteiger partial charge on any atom is -0.496 e. The van der Waals surface area contributed by atoms with Crippen LogP contribution in [-0.2, 0) is 6.61 Å². The molecule has 8 rings (SSSR count). The van der Waals surface area contributed by atoms with Gasteiger partial charge in [-0.2, -0.15) is 9.78 Å². The predicted octanol–water partition coefficient (Wildman–Crippen LogP) is 8.59. The van der Waals surface area contributed by atoms with E-state index in [1.54, 1.807) is 19.4 Å². The van der Waals surface area contributed by atoms with Crippen LogP contribution >= 0.6 is 0 Å². The molecule has 0 fully saturated rings. The number of hydrogen-bond donors (Lipinski definition) is 0. The molecule has 0 radical (unpaired) electrons. The summed E-state index contributed by atoms with van der Waals surface area (Å²) in [7, 11) is 1.61. The first-order chi connectivity index (χ1) is 22.7. The maximum Gasteiger partial charge on any atom is 0.282 e. The topological polar surface area (TPSA) is 78.9 Å². The molecule has 7 heteroatoms. The summed E-state index contributed by atoms with van der Waals surface area (Å²) in [6.07, 6.45) is 1.67. The molecule has 7 nitrogen and oxygen atoms in total. The Morgan fingerprint density at radius 2 is 1.46 bits per heavy atom. The second-order valence-corrected chi connectivity index (χ2v) is 10.9. The Bertz CT molecular complexity index is 2510. The van der Waals surface area contributed by atoms with Gasteiger partial charge in [0.05, 0.1) is 29.6 Å². The van der Waals surface area contributed by atoms with Crippen LogP contribution in [0.15, 0.2) is 142 Å². The Kier molecular flexibility index (Phi) is 6.76. The van der Waals surface area contributed by atoms with Crippen molar-refractivity contribution in [3.8, 4) is 23.1 Å². The van der Waals surface area contributed by atoms with Gasteiger partial charge in [0.1, 0.15) is 23.7 Å². The van der Waals surface area contributed by atoms with Crippen molar-refractivity contribution in [2.75, 3.05) is 7.11 Å². The average molecular weight is 602 g/mol. The van der Waals surface area contributed by atoms with Gasteiger partial charge in [0.25, 0.3) is 5.56 Å². The number of fused-ring (bicyclic) bond motifs is 4. The summed E-state index contributed by atoms with van der Waals surface area (Å²) in [6.45, 7) is 0.365. The number of para-hydroxylation sites is 1. The Labute approximate surface area is 263 Å². The van der Waals surface area contributed by atoms with E-state index in [9.17, 15) is 4.79 Å². The third-order valence-corrected chi connectivity index (χ3v) is 8.21. The lowest BCUT2D eigenvalue weighted by molar-refractivity contribution is 0.307. The van der Waals surface area contributed by atoms with Crippen molar-refractivity contribution in [1.82, 2.24) is 9.66 Å². The predicted molar refractivity (Wildman–Crippen MR) is 183 cm³/mol. The molecular weight excluding hydrogens is 574 g/mol. The van der Waals surface area contributed by atoms with Crippen LogP contribution < -0.4 is 15.0 Å². The number of furan rings is 1. The number of ether oxygens (including phenoxy) is 2. The molecule has 0 spiro atoms. The normalized spacial score (nSPS) is 11.7. The number of nitrogens with zero attached hydrogens (tertiary/aromatic N) is 3. The van der Waals surface area contributed by atoms with Crippen molar-refractivity contribution in [1.29, 1.82) is 0 Å². The average Bonchev–Trinajstić information content (AvgIpc) is 3.55. The molecule has 222 valence electrons. The van der Waals surface area contributed by atoms with Crippen LogP contribution in [0.3, 0.4) is 0 Å². The van der Waals surface area contributed by atoms with E-state index in [0.29, 0.717) is 40.4 Å². The first-order valence-electron chi connectivity index (χ1n) is 14.9. The molecule has 0 bridgehead atoms. The Balaban J connectivity index is 1.27. The second-order valence-electron chi connectivity index (χ2n) is 10.9. The largest absolute Gasteiger partial charge is 0.496 e. The lowest BCUT2D eigenvalue weighted by Gasteiger charge is -2.13. The molecule has 2 aromatic heterocycles. The summed E-state index contributed by atoms with van der Waals surface area (Å²) >= 11 is 0. The highest BCUT2D eigenvalue weighted by molar-refractivity contribution is 6.02. The fourth-order valence-electron chi connectivity index (χ4n) is 5.94. The number of rotatable bonds is 7. The smallest absolute Gasteiger partial charge is 0.282 e. The van der Waals surface area contributed by atoms with Gasteiger partial charge in [-0.15, -0.1) is 0 Å². The molecular formula is C39H27N3O4. The monoisotopic (exact) mass is 601 g/mol. The van der Waals surface area contributed by atoms with Crippen molar-refractivity contribution in [2.45, 2.75) is 6.61 Å². The number of aromatic nitrogens is 2. The number of methoxy groups -OCH3 is 1. The highest BCUT2D eigenvalue weighted by Gasteiger charge is 2.18. The van der Waals surface area contributed by atoms with Gasteiger partial charge >= 0.3 is 0 Å². The number of hydrogen-bond acceptors (Lipinski definition) is 6. The molecule has 0 aliphatic heterocycles. The second kappa shape index (κ2) is 11.4. The van der Waals surface area contributed by atoms with Gasteiger partial charge in [-0.3, -0.25) is 4.79 Å². The van der Waals surface area contributed by atoms with Crippen LogP contribution in [0.25, 0.3) is 55.0 Å². The van der Waals surface area contributed by atoms with Gasteiger partial charge in [0.15, 0.2) is 5.76 Å². The zero-order valence-electron chi connectivity index (χ0n) is 24.9. The van der Waals surface area contributed by atoms with Crippen molar-refractivity contribution in [2.24, 2.45) is 5.10 Å². The molecule has 0 aliphatic rings. The standard InChI is InChI=1S/C39H27N3O4/c1-44-34-18-9-19-36-31(34)22-37(46-36)38-41-33-17-7-6-16-30(33)39(43)42(38)40-23-32-29-15-5-3-11-26(29)20-21-35(32)45-24-27-13-8-12-25-10-2-4-14-28(25)27/h2-23H,24H2,1H3. The van der Waals surface area contributed by atoms with Gasteiger partial charge in [-0.1, -0.05) is 91.0 Å². The molecule has 0 saturated carbocycles. The molecule has 46 heavy (non-hydrogen) atoms. The van der Waals surface area contributed by atoms with Gasteiger partial charge in [0.2, 0.25) is 5.82 Å². The lowest BCUT2D eigenvalue weighted by atomic mass is 10.0. The minimum atomic E-state index is -0.317. The third kappa shape index (κ3) is 4.75. The molecule has 0 aliphatic carbocycles. The van der Waals surface area contributed by atoms with Crippen LogP contribution in [0, 0.1) is 0 Å². The van der Waals surface area contributed by atoms with E-state index in [2.05, 4.69) is 24.3 Å². The summed E-state index contributed by atoms with van der Waals surface area (Å²) in [5.41, 5.74) is 2.67. The summed E-state index contributed by atoms with van der Waals surface area (Å²) in [5, 5.41) is 10.3. The highest BCUT2D eigenvalue weighted by Crippen LogP contribution is 2.33. The summed E-state index contributed by atoms with van der Waals surface area (Å²) in [6, 6.07) is 41.1. The van der Waals surface area contributed by atoms with Gasteiger partial charge in [-0.05, 0) is 63.5 Å². The number of benzene rings is 6. The molecule has 6 aromatic carbocycles. The van der Waals surface area contributed by atoms with Crippen molar-refractivity contribution >= 4 is 49.6 Å². The fraction of sp³-hybridized carbons (Fsp3) is 0.0513. The minimum absolute atomic E-state index is 0.275.